The van der Waals surface area contributed by atoms with E-state index >= 15 is 0 Å². The molecule has 0 saturated carbocycles. The lowest BCUT2D eigenvalue weighted by molar-refractivity contribution is 0.102. The molecule has 2 aromatic heterocycles. The fraction of sp³-hybridized carbons (Fsp3) is 0.214. The first-order valence-electron chi connectivity index (χ1n) is 6.54. The Labute approximate surface area is 125 Å². The number of nitrogens with one attached hydrogen (secondary N) is 2. The number of hydrogen-bond donors (Lipinski definition) is 3. The zero-order valence-electron chi connectivity index (χ0n) is 11.7. The number of thiazole rings is 1. The van der Waals surface area contributed by atoms with Gasteiger partial charge in [-0.25, -0.2) is 4.98 Å². The van der Waals surface area contributed by atoms with Gasteiger partial charge in [-0.3, -0.25) is 9.89 Å². The van der Waals surface area contributed by atoms with E-state index in [0.29, 0.717) is 11.4 Å². The van der Waals surface area contributed by atoms with Crippen molar-refractivity contribution in [3.05, 3.63) is 35.1 Å². The van der Waals surface area contributed by atoms with Crippen molar-refractivity contribution in [3.8, 4) is 0 Å². The van der Waals surface area contributed by atoms with Crippen LogP contribution in [0.5, 0.6) is 0 Å². The number of amides is 1. The van der Waals surface area contributed by atoms with E-state index in [1.807, 2.05) is 32.0 Å². The third kappa shape index (κ3) is 2.47. The van der Waals surface area contributed by atoms with Crippen LogP contribution in [0.1, 0.15) is 35.9 Å². The minimum atomic E-state index is -0.320. The Kier molecular flexibility index (Phi) is 3.34. The molecule has 108 valence electrons. The number of aromatic amines is 1. The van der Waals surface area contributed by atoms with E-state index in [-0.39, 0.29) is 17.5 Å². The molecule has 1 aromatic carbocycles. The normalized spacial score (nSPS) is 11.2. The molecule has 0 aliphatic rings. The first kappa shape index (κ1) is 13.6. The molecule has 21 heavy (non-hydrogen) atoms. The maximum Gasteiger partial charge on any atom is 0.278 e. The number of nitrogen functional groups attached to an aromatic ring is 1. The highest BCUT2D eigenvalue weighted by Gasteiger charge is 2.19. The summed E-state index contributed by atoms with van der Waals surface area (Å²) in [5.74, 6) is -0.132. The fourth-order valence-electron chi connectivity index (χ4n) is 2.10. The fourth-order valence-corrected chi connectivity index (χ4v) is 2.82. The van der Waals surface area contributed by atoms with Gasteiger partial charge in [-0.05, 0) is 24.1 Å². The highest BCUT2D eigenvalue weighted by Crippen LogP contribution is 2.25. The molecule has 3 aromatic rings. The van der Waals surface area contributed by atoms with Crippen molar-refractivity contribution in [2.75, 3.05) is 11.1 Å². The van der Waals surface area contributed by atoms with E-state index in [1.165, 1.54) is 11.3 Å². The molecular formula is C14H15N5OS. The number of benzene rings is 1. The van der Waals surface area contributed by atoms with Gasteiger partial charge in [0.05, 0.1) is 27.1 Å². The second kappa shape index (κ2) is 5.17. The van der Waals surface area contributed by atoms with Crippen LogP contribution in [0, 0.1) is 0 Å². The van der Waals surface area contributed by atoms with E-state index in [2.05, 4.69) is 20.5 Å². The van der Waals surface area contributed by atoms with Crippen molar-refractivity contribution in [2.24, 2.45) is 0 Å². The summed E-state index contributed by atoms with van der Waals surface area (Å²) in [6.07, 6.45) is 0. The summed E-state index contributed by atoms with van der Waals surface area (Å²) in [6, 6.07) is 5.57. The number of nitrogens with zero attached hydrogens (tertiary/aromatic N) is 2. The van der Waals surface area contributed by atoms with Crippen molar-refractivity contribution in [1.82, 2.24) is 15.2 Å². The van der Waals surface area contributed by atoms with Gasteiger partial charge in [-0.2, -0.15) is 5.10 Å². The molecule has 0 radical (unpaired) electrons. The average molecular weight is 301 g/mol. The zero-order chi connectivity index (χ0) is 15.0. The molecule has 0 aliphatic carbocycles. The van der Waals surface area contributed by atoms with Crippen LogP contribution in [0.25, 0.3) is 10.2 Å². The average Bonchev–Trinajstić information content (AvgIpc) is 3.04. The standard InChI is InChI=1S/C14H15N5OS/c1-7(2)12-11(15)13(19-18-12)14(20)17-8-3-4-9-10(5-8)21-6-16-9/h3-7H,15H2,1-2H3,(H,17,20)(H,18,19). The Bertz CT molecular complexity index is 805. The predicted molar refractivity (Wildman–Crippen MR) is 84.7 cm³/mol. The molecule has 0 aliphatic heterocycles. The lowest BCUT2D eigenvalue weighted by Gasteiger charge is -2.05. The zero-order valence-corrected chi connectivity index (χ0v) is 12.5. The molecule has 0 bridgehead atoms. The summed E-state index contributed by atoms with van der Waals surface area (Å²) in [6.45, 7) is 3.98. The van der Waals surface area contributed by atoms with Gasteiger partial charge in [0.15, 0.2) is 5.69 Å². The van der Waals surface area contributed by atoms with Gasteiger partial charge in [0, 0.05) is 5.69 Å². The minimum Gasteiger partial charge on any atom is -0.395 e. The van der Waals surface area contributed by atoms with Crippen LogP contribution in [0.4, 0.5) is 11.4 Å². The highest BCUT2D eigenvalue weighted by molar-refractivity contribution is 7.16. The monoisotopic (exact) mass is 301 g/mol. The van der Waals surface area contributed by atoms with Crippen molar-refractivity contribution in [2.45, 2.75) is 19.8 Å². The lowest BCUT2D eigenvalue weighted by atomic mass is 10.1. The maximum absolute atomic E-state index is 12.3. The van der Waals surface area contributed by atoms with Crippen LogP contribution < -0.4 is 11.1 Å². The van der Waals surface area contributed by atoms with Crippen LogP contribution in [-0.2, 0) is 0 Å². The summed E-state index contributed by atoms with van der Waals surface area (Å²) >= 11 is 1.53. The number of H-pyrrole nitrogens is 1. The molecule has 0 spiro atoms. The van der Waals surface area contributed by atoms with E-state index in [0.717, 1.165) is 15.9 Å². The van der Waals surface area contributed by atoms with Gasteiger partial charge in [-0.1, -0.05) is 13.8 Å². The first-order valence-corrected chi connectivity index (χ1v) is 7.42. The number of aromatic nitrogens is 3. The van der Waals surface area contributed by atoms with Crippen molar-refractivity contribution >= 4 is 38.8 Å². The molecule has 0 saturated heterocycles. The topological polar surface area (TPSA) is 96.7 Å². The highest BCUT2D eigenvalue weighted by atomic mass is 32.1. The number of carbonyl (C=O) groups excluding carboxylic acids is 1. The number of nitrogens with two attached hydrogens (primary N) is 1. The van der Waals surface area contributed by atoms with Crippen LogP contribution in [0.3, 0.4) is 0 Å². The van der Waals surface area contributed by atoms with Crippen molar-refractivity contribution < 1.29 is 4.79 Å². The van der Waals surface area contributed by atoms with Gasteiger partial charge in [0.1, 0.15) is 0 Å². The summed E-state index contributed by atoms with van der Waals surface area (Å²) in [4.78, 5) is 16.5. The molecular weight excluding hydrogens is 286 g/mol. The molecule has 0 atom stereocenters. The van der Waals surface area contributed by atoms with Gasteiger partial charge in [0.25, 0.3) is 5.91 Å². The van der Waals surface area contributed by atoms with Crippen LogP contribution >= 0.6 is 11.3 Å². The molecule has 0 unspecified atom stereocenters. The Morgan fingerprint density at radius 3 is 2.95 bits per heavy atom. The molecule has 7 heteroatoms. The maximum atomic E-state index is 12.3. The van der Waals surface area contributed by atoms with Gasteiger partial charge in [-0.15, -0.1) is 11.3 Å². The molecule has 6 nitrogen and oxygen atoms in total. The van der Waals surface area contributed by atoms with Crippen LogP contribution in [0.15, 0.2) is 23.7 Å². The Morgan fingerprint density at radius 2 is 2.24 bits per heavy atom. The molecule has 2 heterocycles. The number of rotatable bonds is 3. The largest absolute Gasteiger partial charge is 0.395 e. The van der Waals surface area contributed by atoms with E-state index in [4.69, 9.17) is 5.73 Å². The second-order valence-electron chi connectivity index (χ2n) is 5.04. The summed E-state index contributed by atoms with van der Waals surface area (Å²) in [7, 11) is 0. The van der Waals surface area contributed by atoms with E-state index < -0.39 is 0 Å². The Morgan fingerprint density at radius 1 is 1.43 bits per heavy atom. The second-order valence-corrected chi connectivity index (χ2v) is 5.93. The van der Waals surface area contributed by atoms with E-state index in [9.17, 15) is 4.79 Å². The third-order valence-corrected chi connectivity index (χ3v) is 4.01. The Hall–Kier alpha value is -2.41. The summed E-state index contributed by atoms with van der Waals surface area (Å²) < 4.78 is 1.02. The van der Waals surface area contributed by atoms with Crippen LogP contribution in [-0.4, -0.2) is 21.1 Å². The molecule has 3 rings (SSSR count). The van der Waals surface area contributed by atoms with Crippen LogP contribution in [0.2, 0.25) is 0 Å². The number of fused-ring (bicyclic) bond motifs is 1. The van der Waals surface area contributed by atoms with Gasteiger partial charge < -0.3 is 11.1 Å². The Balaban J connectivity index is 1.85. The quantitative estimate of drug-likeness (QED) is 0.693. The van der Waals surface area contributed by atoms with Crippen molar-refractivity contribution in [1.29, 1.82) is 0 Å². The summed E-state index contributed by atoms with van der Waals surface area (Å²) in [5.41, 5.74) is 10.8. The first-order chi connectivity index (χ1) is 10.1. The predicted octanol–water partition coefficient (Wildman–Crippen LogP) is 2.98. The molecule has 1 amide bonds. The summed E-state index contributed by atoms with van der Waals surface area (Å²) in [5, 5.41) is 9.65. The minimum absolute atomic E-state index is 0.188. The molecule has 4 N–H and O–H groups in total. The van der Waals surface area contributed by atoms with E-state index in [1.54, 1.807) is 5.51 Å². The third-order valence-electron chi connectivity index (χ3n) is 3.22. The lowest BCUT2D eigenvalue weighted by Crippen LogP contribution is -2.14. The molecule has 0 fully saturated rings. The van der Waals surface area contributed by atoms with Gasteiger partial charge in [0.2, 0.25) is 0 Å². The number of carbonyl (C=O) groups is 1. The number of hydrogen-bond acceptors (Lipinski definition) is 5. The van der Waals surface area contributed by atoms with Crippen molar-refractivity contribution in [3.63, 3.8) is 0 Å². The smallest absolute Gasteiger partial charge is 0.278 e. The SMILES string of the molecule is CC(C)c1[nH]nc(C(=O)Nc2ccc3ncsc3c2)c1N. The van der Waals surface area contributed by atoms with Gasteiger partial charge >= 0.3 is 0 Å². The number of anilines is 2.